The van der Waals surface area contributed by atoms with Crippen LogP contribution in [0.5, 0.6) is 11.5 Å². The molecule has 1 fully saturated rings. The molecule has 0 aromatic heterocycles. The first-order chi connectivity index (χ1) is 8.08. The number of benzene rings is 1. The van der Waals surface area contributed by atoms with Gasteiger partial charge in [-0.1, -0.05) is 15.9 Å². The molecule has 3 atom stereocenters. The molecule has 2 N–H and O–H groups in total. The molecule has 0 aliphatic heterocycles. The number of methoxy groups -OCH3 is 2. The van der Waals surface area contributed by atoms with Crippen molar-refractivity contribution in [1.82, 2.24) is 0 Å². The molecular weight excluding hydrogens is 282 g/mol. The molecule has 2 rings (SSSR count). The predicted octanol–water partition coefficient (Wildman–Crippen LogP) is 2.92. The fraction of sp³-hybridized carbons (Fsp3) is 0.538. The second kappa shape index (κ2) is 4.86. The van der Waals surface area contributed by atoms with Crippen molar-refractivity contribution in [3.63, 3.8) is 0 Å². The minimum absolute atomic E-state index is 0.250. The van der Waals surface area contributed by atoms with Crippen LogP contribution < -0.4 is 15.2 Å². The Kier molecular flexibility index (Phi) is 3.64. The van der Waals surface area contributed by atoms with Gasteiger partial charge < -0.3 is 15.2 Å². The first-order valence-corrected chi connectivity index (χ1v) is 6.54. The van der Waals surface area contributed by atoms with Crippen LogP contribution in [-0.4, -0.2) is 20.3 Å². The van der Waals surface area contributed by atoms with E-state index in [1.54, 1.807) is 14.2 Å². The Morgan fingerprint density at radius 3 is 2.35 bits per heavy atom. The second-order valence-electron chi connectivity index (χ2n) is 4.59. The highest BCUT2D eigenvalue weighted by Crippen LogP contribution is 2.52. The van der Waals surface area contributed by atoms with E-state index in [9.17, 15) is 0 Å². The van der Waals surface area contributed by atoms with Gasteiger partial charge in [0.15, 0.2) is 11.5 Å². The van der Waals surface area contributed by atoms with E-state index in [2.05, 4.69) is 28.9 Å². The van der Waals surface area contributed by atoms with Crippen molar-refractivity contribution in [1.29, 1.82) is 0 Å². The molecule has 1 aromatic rings. The monoisotopic (exact) mass is 299 g/mol. The normalized spacial score (nSPS) is 24.3. The standard InChI is InChI=1S/C13H18BrNO2/c1-7(15)8-4-9(8)10-5-12(16-2)13(17-3)6-11(10)14/h5-9H,4,15H2,1-3H3. The summed E-state index contributed by atoms with van der Waals surface area (Å²) in [4.78, 5) is 0. The van der Waals surface area contributed by atoms with Crippen molar-refractivity contribution in [3.05, 3.63) is 22.2 Å². The summed E-state index contributed by atoms with van der Waals surface area (Å²) in [6, 6.07) is 4.26. The van der Waals surface area contributed by atoms with Gasteiger partial charge in [-0.25, -0.2) is 0 Å². The van der Waals surface area contributed by atoms with E-state index in [-0.39, 0.29) is 6.04 Å². The summed E-state index contributed by atoms with van der Waals surface area (Å²) >= 11 is 3.59. The van der Waals surface area contributed by atoms with E-state index in [0.29, 0.717) is 11.8 Å². The largest absolute Gasteiger partial charge is 0.493 e. The van der Waals surface area contributed by atoms with Gasteiger partial charge in [0.25, 0.3) is 0 Å². The van der Waals surface area contributed by atoms with Crippen molar-refractivity contribution >= 4 is 15.9 Å². The van der Waals surface area contributed by atoms with Gasteiger partial charge in [0.05, 0.1) is 14.2 Å². The fourth-order valence-corrected chi connectivity index (χ4v) is 2.92. The quantitative estimate of drug-likeness (QED) is 0.930. The number of ether oxygens (including phenoxy) is 2. The summed E-state index contributed by atoms with van der Waals surface area (Å²) in [6.45, 7) is 2.07. The second-order valence-corrected chi connectivity index (χ2v) is 5.45. The lowest BCUT2D eigenvalue weighted by Crippen LogP contribution is -2.18. The smallest absolute Gasteiger partial charge is 0.161 e. The number of nitrogens with two attached hydrogens (primary N) is 1. The summed E-state index contributed by atoms with van der Waals surface area (Å²) in [5.74, 6) is 2.66. The van der Waals surface area contributed by atoms with Crippen LogP contribution in [0.25, 0.3) is 0 Å². The minimum atomic E-state index is 0.250. The van der Waals surface area contributed by atoms with Crippen molar-refractivity contribution in [2.75, 3.05) is 14.2 Å². The highest BCUT2D eigenvalue weighted by molar-refractivity contribution is 9.10. The third-order valence-corrected chi connectivity index (χ3v) is 4.10. The molecule has 1 aliphatic rings. The van der Waals surface area contributed by atoms with Crippen molar-refractivity contribution in [2.45, 2.75) is 25.3 Å². The minimum Gasteiger partial charge on any atom is -0.493 e. The Labute approximate surface area is 110 Å². The Morgan fingerprint density at radius 2 is 1.88 bits per heavy atom. The van der Waals surface area contributed by atoms with E-state index < -0.39 is 0 Å². The first-order valence-electron chi connectivity index (χ1n) is 5.75. The number of hydrogen-bond donors (Lipinski definition) is 1. The fourth-order valence-electron chi connectivity index (χ4n) is 2.31. The highest BCUT2D eigenvalue weighted by atomic mass is 79.9. The maximum atomic E-state index is 5.93. The van der Waals surface area contributed by atoms with E-state index in [1.807, 2.05) is 6.07 Å². The van der Waals surface area contributed by atoms with Gasteiger partial charge in [0.2, 0.25) is 0 Å². The Bertz CT molecular complexity index is 420. The topological polar surface area (TPSA) is 44.5 Å². The van der Waals surface area contributed by atoms with Crippen molar-refractivity contribution in [2.24, 2.45) is 11.7 Å². The Morgan fingerprint density at radius 1 is 1.29 bits per heavy atom. The van der Waals surface area contributed by atoms with Gasteiger partial charge in [0, 0.05) is 10.5 Å². The van der Waals surface area contributed by atoms with Gasteiger partial charge in [-0.2, -0.15) is 0 Å². The maximum absolute atomic E-state index is 5.93. The van der Waals surface area contributed by atoms with Crippen LogP contribution >= 0.6 is 15.9 Å². The Balaban J connectivity index is 2.30. The van der Waals surface area contributed by atoms with E-state index in [1.165, 1.54) is 5.56 Å². The third kappa shape index (κ3) is 2.43. The lowest BCUT2D eigenvalue weighted by Gasteiger charge is -2.12. The van der Waals surface area contributed by atoms with E-state index >= 15 is 0 Å². The van der Waals surface area contributed by atoms with E-state index in [4.69, 9.17) is 15.2 Å². The summed E-state index contributed by atoms with van der Waals surface area (Å²) in [7, 11) is 3.30. The summed E-state index contributed by atoms with van der Waals surface area (Å²) in [5, 5.41) is 0. The van der Waals surface area contributed by atoms with Crippen LogP contribution in [0.4, 0.5) is 0 Å². The lowest BCUT2D eigenvalue weighted by atomic mass is 10.1. The number of rotatable bonds is 4. The first kappa shape index (κ1) is 12.7. The molecule has 0 spiro atoms. The summed E-state index contributed by atoms with van der Waals surface area (Å²) in [6.07, 6.45) is 1.16. The zero-order valence-corrected chi connectivity index (χ0v) is 12.0. The molecule has 0 radical (unpaired) electrons. The van der Waals surface area contributed by atoms with Crippen LogP contribution in [0.1, 0.15) is 24.8 Å². The Hall–Kier alpha value is -0.740. The van der Waals surface area contributed by atoms with Gasteiger partial charge in [-0.3, -0.25) is 0 Å². The SMILES string of the molecule is COc1cc(Br)c(C2CC2C(C)N)cc1OC. The van der Waals surface area contributed by atoms with Crippen molar-refractivity contribution in [3.8, 4) is 11.5 Å². The molecule has 0 bridgehead atoms. The van der Waals surface area contributed by atoms with Crippen LogP contribution in [0.2, 0.25) is 0 Å². The molecule has 4 heteroatoms. The molecular formula is C13H18BrNO2. The summed E-state index contributed by atoms with van der Waals surface area (Å²) in [5.41, 5.74) is 7.20. The molecule has 3 unspecified atom stereocenters. The highest BCUT2D eigenvalue weighted by Gasteiger charge is 2.42. The third-order valence-electron chi connectivity index (χ3n) is 3.42. The van der Waals surface area contributed by atoms with Gasteiger partial charge in [-0.05, 0) is 42.9 Å². The predicted molar refractivity (Wildman–Crippen MR) is 71.7 cm³/mol. The molecule has 0 amide bonds. The van der Waals surface area contributed by atoms with Crippen LogP contribution in [-0.2, 0) is 0 Å². The maximum Gasteiger partial charge on any atom is 0.161 e. The zero-order chi connectivity index (χ0) is 12.6. The van der Waals surface area contributed by atoms with Gasteiger partial charge in [0.1, 0.15) is 0 Å². The average Bonchev–Trinajstić information content (AvgIpc) is 3.08. The summed E-state index contributed by atoms with van der Waals surface area (Å²) < 4.78 is 11.7. The molecule has 1 saturated carbocycles. The molecule has 1 aromatic carbocycles. The molecule has 17 heavy (non-hydrogen) atoms. The van der Waals surface area contributed by atoms with Crippen LogP contribution in [0.3, 0.4) is 0 Å². The molecule has 0 heterocycles. The van der Waals surface area contributed by atoms with Gasteiger partial charge >= 0.3 is 0 Å². The molecule has 1 aliphatic carbocycles. The molecule has 0 saturated heterocycles. The molecule has 3 nitrogen and oxygen atoms in total. The number of hydrogen-bond acceptors (Lipinski definition) is 3. The van der Waals surface area contributed by atoms with Crippen molar-refractivity contribution < 1.29 is 9.47 Å². The number of halogens is 1. The van der Waals surface area contributed by atoms with Crippen LogP contribution in [0.15, 0.2) is 16.6 Å². The lowest BCUT2D eigenvalue weighted by molar-refractivity contribution is 0.354. The van der Waals surface area contributed by atoms with Gasteiger partial charge in [-0.15, -0.1) is 0 Å². The average molecular weight is 300 g/mol. The van der Waals surface area contributed by atoms with E-state index in [0.717, 1.165) is 22.4 Å². The molecule has 94 valence electrons. The van der Waals surface area contributed by atoms with Crippen LogP contribution in [0, 0.1) is 5.92 Å². The zero-order valence-electron chi connectivity index (χ0n) is 10.4.